The molecule has 0 aliphatic heterocycles. The molecule has 1 N–H and O–H groups in total. The van der Waals surface area contributed by atoms with E-state index < -0.39 is 32.1 Å². The number of halogens is 3. The average molecular weight is 490 g/mol. The Morgan fingerprint density at radius 2 is 1.90 bits per heavy atom. The lowest BCUT2D eigenvalue weighted by atomic mass is 10.3. The molecule has 0 aliphatic carbocycles. The molecule has 0 atom stereocenters. The molecule has 1 amide bonds. The van der Waals surface area contributed by atoms with Crippen LogP contribution in [0.15, 0.2) is 27.9 Å². The predicted octanol–water partition coefficient (Wildman–Crippen LogP) is 1.29. The maximum Gasteiger partial charge on any atom is 0.360 e. The van der Waals surface area contributed by atoms with Gasteiger partial charge in [0.05, 0.1) is 14.2 Å². The monoisotopic (exact) mass is 488 g/mol. The molecule has 0 bridgehead atoms. The number of alkyl halides is 3. The van der Waals surface area contributed by atoms with Gasteiger partial charge in [0.15, 0.2) is 0 Å². The van der Waals surface area contributed by atoms with Crippen molar-refractivity contribution < 1.29 is 27.4 Å². The molecule has 2 aromatic rings. The molecule has 11 nitrogen and oxygen atoms in total. The van der Waals surface area contributed by atoms with E-state index in [4.69, 9.17) is 49.0 Å². The van der Waals surface area contributed by atoms with Gasteiger partial charge in [-0.15, -0.1) is 9.78 Å². The van der Waals surface area contributed by atoms with Crippen LogP contribution in [0.2, 0.25) is 0 Å². The van der Waals surface area contributed by atoms with Crippen LogP contribution in [0.5, 0.6) is 17.5 Å². The molecule has 0 saturated heterocycles. The van der Waals surface area contributed by atoms with Gasteiger partial charge in [-0.25, -0.2) is 27.3 Å². The van der Waals surface area contributed by atoms with Crippen LogP contribution in [0.25, 0.3) is 0 Å². The van der Waals surface area contributed by atoms with E-state index in [0.717, 1.165) is 10.6 Å². The van der Waals surface area contributed by atoms with E-state index in [-0.39, 0.29) is 27.1 Å². The summed E-state index contributed by atoms with van der Waals surface area (Å²) in [6, 6.07) is 2.22. The zero-order chi connectivity index (χ0) is 22.0. The number of amides is 1. The van der Waals surface area contributed by atoms with Gasteiger partial charge in [-0.3, -0.25) is 0 Å². The lowest BCUT2D eigenvalue weighted by Crippen LogP contribution is -2.40. The van der Waals surface area contributed by atoms with Crippen LogP contribution in [-0.4, -0.2) is 53.4 Å². The normalized spacial score (nSPS) is 11.8. The lowest BCUT2D eigenvalue weighted by molar-refractivity contribution is 0.242. The van der Waals surface area contributed by atoms with Crippen molar-refractivity contribution in [1.82, 2.24) is 19.1 Å². The van der Waals surface area contributed by atoms with Crippen molar-refractivity contribution in [3.8, 4) is 17.5 Å². The van der Waals surface area contributed by atoms with Crippen LogP contribution >= 0.6 is 34.8 Å². The van der Waals surface area contributed by atoms with Gasteiger partial charge in [0, 0.05) is 13.1 Å². The van der Waals surface area contributed by atoms with E-state index in [1.165, 1.54) is 33.4 Å². The first-order valence-corrected chi connectivity index (χ1v) is 10.2. The Bertz CT molecular complexity index is 1080. The van der Waals surface area contributed by atoms with Crippen LogP contribution in [0.3, 0.4) is 0 Å². The Balaban J connectivity index is 2.34. The van der Waals surface area contributed by atoms with Crippen molar-refractivity contribution in [2.75, 3.05) is 20.8 Å². The van der Waals surface area contributed by atoms with Crippen LogP contribution in [0.1, 0.15) is 0 Å². The molecule has 0 aliphatic rings. The zero-order valence-electron chi connectivity index (χ0n) is 15.2. The molecular weight excluding hydrogens is 475 g/mol. The number of nitrogens with one attached hydrogen (secondary N) is 1. The molecule has 29 heavy (non-hydrogen) atoms. The highest BCUT2D eigenvalue weighted by atomic mass is 35.6. The lowest BCUT2D eigenvalue weighted by Gasteiger charge is -2.11. The van der Waals surface area contributed by atoms with E-state index in [1.807, 2.05) is 0 Å². The maximum absolute atomic E-state index is 12.6. The van der Waals surface area contributed by atoms with Crippen LogP contribution in [-0.2, 0) is 17.1 Å². The van der Waals surface area contributed by atoms with Gasteiger partial charge in [0.2, 0.25) is 3.79 Å². The van der Waals surface area contributed by atoms with E-state index in [0.29, 0.717) is 0 Å². The van der Waals surface area contributed by atoms with E-state index in [9.17, 15) is 18.0 Å². The summed E-state index contributed by atoms with van der Waals surface area (Å²) in [6.45, 7) is -0.469. The summed E-state index contributed by atoms with van der Waals surface area (Å²) in [4.78, 5) is 24.2. The van der Waals surface area contributed by atoms with Crippen molar-refractivity contribution >= 4 is 50.9 Å². The fourth-order valence-electron chi connectivity index (χ4n) is 2.03. The number of sulfonamides is 1. The van der Waals surface area contributed by atoms with Gasteiger partial charge in [-0.2, -0.15) is 0 Å². The largest absolute Gasteiger partial charge is 0.497 e. The third kappa shape index (κ3) is 5.47. The minimum atomic E-state index is -4.46. The van der Waals surface area contributed by atoms with Crippen LogP contribution in [0, 0.1) is 0 Å². The maximum atomic E-state index is 12.6. The number of carbonyl (C=O) groups excluding carboxylic acids is 1. The number of rotatable bonds is 6. The van der Waals surface area contributed by atoms with Crippen molar-refractivity contribution in [2.45, 2.75) is 8.69 Å². The average Bonchev–Trinajstić information content (AvgIpc) is 2.93. The minimum absolute atomic E-state index is 0.0498. The summed E-state index contributed by atoms with van der Waals surface area (Å²) in [5.74, 6) is 0.155. The van der Waals surface area contributed by atoms with Crippen molar-refractivity contribution in [3.63, 3.8) is 0 Å². The number of aromatic nitrogens is 3. The van der Waals surface area contributed by atoms with Crippen LogP contribution < -0.4 is 24.6 Å². The SMILES string of the molecule is COc1ccc(OC)c(S(=O)(=O)NC(=O)n2nc(OCC(Cl)(Cl)Cl)n(C)c2=O)c1. The second kappa shape index (κ2) is 8.69. The fraction of sp³-hybridized carbons (Fsp3) is 0.357. The second-order valence-corrected chi connectivity index (χ2v) is 9.53. The highest BCUT2D eigenvalue weighted by molar-refractivity contribution is 7.90. The van der Waals surface area contributed by atoms with Gasteiger partial charge in [0.1, 0.15) is 23.0 Å². The Kier molecular flexibility index (Phi) is 6.93. The third-order valence-corrected chi connectivity index (χ3v) is 5.05. The molecule has 2 rings (SSSR count). The van der Waals surface area contributed by atoms with Crippen LogP contribution in [0.4, 0.5) is 4.79 Å². The molecular formula is C14H15Cl3N4O7S. The van der Waals surface area contributed by atoms with Gasteiger partial charge in [-0.1, -0.05) is 34.8 Å². The molecule has 0 fully saturated rings. The van der Waals surface area contributed by atoms with E-state index >= 15 is 0 Å². The standard InChI is InChI=1S/C14H15Cl3N4O7S/c1-20-12(28-7-14(15,16)17)18-21(13(20)23)11(22)19-29(24,25)10-6-8(26-2)4-5-9(10)27-3/h4-6H,7H2,1-3H3,(H,19,22). The highest BCUT2D eigenvalue weighted by Crippen LogP contribution is 2.28. The summed E-state index contributed by atoms with van der Waals surface area (Å²) in [6.07, 6.45) is 0. The Morgan fingerprint density at radius 1 is 1.24 bits per heavy atom. The fourth-order valence-corrected chi connectivity index (χ4v) is 3.31. The topological polar surface area (TPSA) is 131 Å². The van der Waals surface area contributed by atoms with Gasteiger partial charge in [0.25, 0.3) is 10.0 Å². The molecule has 15 heteroatoms. The summed E-state index contributed by atoms with van der Waals surface area (Å²) < 4.78 is 41.3. The number of benzene rings is 1. The van der Waals surface area contributed by atoms with E-state index in [1.54, 1.807) is 4.72 Å². The quantitative estimate of drug-likeness (QED) is 0.601. The van der Waals surface area contributed by atoms with Crippen molar-refractivity contribution in [3.05, 3.63) is 28.7 Å². The van der Waals surface area contributed by atoms with Crippen molar-refractivity contribution in [1.29, 1.82) is 0 Å². The van der Waals surface area contributed by atoms with Gasteiger partial charge >= 0.3 is 17.7 Å². The first-order chi connectivity index (χ1) is 13.4. The molecule has 0 radical (unpaired) electrons. The Hall–Kier alpha value is -2.15. The molecule has 0 saturated carbocycles. The summed E-state index contributed by atoms with van der Waals surface area (Å²) in [5.41, 5.74) is -0.991. The number of hydrogen-bond acceptors (Lipinski definition) is 8. The predicted molar refractivity (Wildman–Crippen MR) is 104 cm³/mol. The van der Waals surface area contributed by atoms with Crippen molar-refractivity contribution in [2.24, 2.45) is 7.05 Å². The molecule has 0 spiro atoms. The summed E-state index contributed by atoms with van der Waals surface area (Å²) >= 11 is 16.7. The van der Waals surface area contributed by atoms with E-state index in [2.05, 4.69) is 5.10 Å². The molecule has 1 aromatic heterocycles. The minimum Gasteiger partial charge on any atom is -0.497 e. The second-order valence-electron chi connectivity index (χ2n) is 5.37. The molecule has 1 heterocycles. The molecule has 1 aromatic carbocycles. The number of methoxy groups -OCH3 is 2. The highest BCUT2D eigenvalue weighted by Gasteiger charge is 2.28. The third-order valence-electron chi connectivity index (χ3n) is 3.38. The zero-order valence-corrected chi connectivity index (χ0v) is 18.3. The smallest absolute Gasteiger partial charge is 0.360 e. The first kappa shape index (κ1) is 23.1. The summed E-state index contributed by atoms with van der Waals surface area (Å²) in [7, 11) is -0.642. The van der Waals surface area contributed by atoms with Gasteiger partial charge < -0.3 is 14.2 Å². The summed E-state index contributed by atoms with van der Waals surface area (Å²) in [5, 5.41) is 3.60. The number of carbonyl (C=O) groups is 1. The molecule has 0 unspecified atom stereocenters. The first-order valence-electron chi connectivity index (χ1n) is 7.54. The number of hydrogen-bond donors (Lipinski definition) is 1. The number of nitrogens with zero attached hydrogens (tertiary/aromatic N) is 3. The Labute approximate surface area is 180 Å². The molecule has 160 valence electrons. The Morgan fingerprint density at radius 3 is 2.45 bits per heavy atom. The number of ether oxygens (including phenoxy) is 3. The van der Waals surface area contributed by atoms with Gasteiger partial charge in [-0.05, 0) is 12.1 Å².